The molecule has 0 bridgehead atoms. The number of nitrogens with one attached hydrogen (secondary N) is 1. The van der Waals surface area contributed by atoms with E-state index in [4.69, 9.17) is 9.47 Å². The molecule has 5 nitrogen and oxygen atoms in total. The van der Waals surface area contributed by atoms with Crippen molar-refractivity contribution in [2.75, 3.05) is 38.3 Å². The Morgan fingerprint density at radius 3 is 2.63 bits per heavy atom. The molecule has 1 N–H and O–H groups in total. The molecular formula is C24H29FN2O3. The Labute approximate surface area is 177 Å². The molecule has 0 aromatic heterocycles. The smallest absolute Gasteiger partial charge is 0.231 e. The SMILES string of the molecule is COc1ccccc1N1CCCC(NC(=O)C2(c3ccc(F)cc3)CCOCC2)C1. The Hall–Kier alpha value is -2.60. The molecule has 2 heterocycles. The molecule has 0 aliphatic carbocycles. The van der Waals surface area contributed by atoms with Crippen molar-refractivity contribution in [3.8, 4) is 5.75 Å². The van der Waals surface area contributed by atoms with E-state index in [9.17, 15) is 9.18 Å². The van der Waals surface area contributed by atoms with Crippen LogP contribution in [0.25, 0.3) is 0 Å². The number of halogens is 1. The summed E-state index contributed by atoms with van der Waals surface area (Å²) in [6.07, 6.45) is 3.14. The standard InChI is InChI=1S/C24H29FN2O3/c1-29-22-7-3-2-6-21(22)27-14-4-5-20(17-27)26-23(28)24(12-15-30-16-13-24)18-8-10-19(25)11-9-18/h2-3,6-11,20H,4-5,12-17H2,1H3,(H,26,28). The van der Waals surface area contributed by atoms with Crippen LogP contribution in [0.3, 0.4) is 0 Å². The Morgan fingerprint density at radius 1 is 1.17 bits per heavy atom. The van der Waals surface area contributed by atoms with Crippen molar-refractivity contribution < 1.29 is 18.7 Å². The summed E-state index contributed by atoms with van der Waals surface area (Å²) in [5.41, 5.74) is 1.25. The second-order valence-corrected chi connectivity index (χ2v) is 8.13. The van der Waals surface area contributed by atoms with Crippen molar-refractivity contribution in [2.45, 2.75) is 37.1 Å². The predicted molar refractivity (Wildman–Crippen MR) is 115 cm³/mol. The third-order valence-corrected chi connectivity index (χ3v) is 6.36. The molecule has 2 aliphatic heterocycles. The molecule has 0 saturated carbocycles. The molecule has 2 aromatic carbocycles. The van der Waals surface area contributed by atoms with Crippen molar-refractivity contribution >= 4 is 11.6 Å². The van der Waals surface area contributed by atoms with Gasteiger partial charge < -0.3 is 19.7 Å². The molecule has 1 atom stereocenters. The van der Waals surface area contributed by atoms with E-state index in [2.05, 4.69) is 16.3 Å². The average molecular weight is 413 g/mol. The summed E-state index contributed by atoms with van der Waals surface area (Å²) in [7, 11) is 1.68. The fourth-order valence-corrected chi connectivity index (χ4v) is 4.66. The van der Waals surface area contributed by atoms with E-state index in [0.717, 1.165) is 42.9 Å². The number of anilines is 1. The summed E-state index contributed by atoms with van der Waals surface area (Å²) in [5, 5.41) is 3.31. The molecule has 2 saturated heterocycles. The van der Waals surface area contributed by atoms with E-state index in [0.29, 0.717) is 26.1 Å². The number of ether oxygens (including phenoxy) is 2. The number of para-hydroxylation sites is 2. The summed E-state index contributed by atoms with van der Waals surface area (Å²) >= 11 is 0. The molecule has 1 unspecified atom stereocenters. The summed E-state index contributed by atoms with van der Waals surface area (Å²) in [6, 6.07) is 14.4. The number of hydrogen-bond donors (Lipinski definition) is 1. The quantitative estimate of drug-likeness (QED) is 0.814. The topological polar surface area (TPSA) is 50.8 Å². The van der Waals surface area contributed by atoms with E-state index in [1.807, 2.05) is 18.2 Å². The van der Waals surface area contributed by atoms with Gasteiger partial charge in [0.2, 0.25) is 5.91 Å². The van der Waals surface area contributed by atoms with Gasteiger partial charge in [0.05, 0.1) is 18.2 Å². The summed E-state index contributed by atoms with van der Waals surface area (Å²) in [5.74, 6) is 0.571. The maximum atomic E-state index is 13.5. The molecule has 1 amide bonds. The van der Waals surface area contributed by atoms with Gasteiger partial charge in [-0.25, -0.2) is 4.39 Å². The van der Waals surface area contributed by atoms with Crippen molar-refractivity contribution in [2.24, 2.45) is 0 Å². The maximum Gasteiger partial charge on any atom is 0.231 e. The maximum absolute atomic E-state index is 13.5. The molecule has 4 rings (SSSR count). The molecule has 30 heavy (non-hydrogen) atoms. The Balaban J connectivity index is 1.51. The lowest BCUT2D eigenvalue weighted by Gasteiger charge is -2.40. The molecular weight excluding hydrogens is 383 g/mol. The van der Waals surface area contributed by atoms with Crippen LogP contribution in [0.2, 0.25) is 0 Å². The van der Waals surface area contributed by atoms with E-state index >= 15 is 0 Å². The van der Waals surface area contributed by atoms with Gasteiger partial charge in [0, 0.05) is 32.3 Å². The number of hydrogen-bond acceptors (Lipinski definition) is 4. The van der Waals surface area contributed by atoms with E-state index in [1.54, 1.807) is 19.2 Å². The zero-order valence-corrected chi connectivity index (χ0v) is 17.4. The number of piperidine rings is 1. The highest BCUT2D eigenvalue weighted by Gasteiger charge is 2.42. The number of carbonyl (C=O) groups excluding carboxylic acids is 1. The van der Waals surface area contributed by atoms with Gasteiger partial charge in [-0.15, -0.1) is 0 Å². The molecule has 2 aromatic rings. The molecule has 0 spiro atoms. The van der Waals surface area contributed by atoms with Crippen LogP contribution in [0, 0.1) is 5.82 Å². The van der Waals surface area contributed by atoms with E-state index in [-0.39, 0.29) is 17.8 Å². The number of carbonyl (C=O) groups is 1. The minimum atomic E-state index is -0.668. The fourth-order valence-electron chi connectivity index (χ4n) is 4.66. The first-order valence-electron chi connectivity index (χ1n) is 10.6. The summed E-state index contributed by atoms with van der Waals surface area (Å²) in [4.78, 5) is 15.8. The first-order chi connectivity index (χ1) is 14.6. The van der Waals surface area contributed by atoms with Crippen molar-refractivity contribution in [3.63, 3.8) is 0 Å². The number of methoxy groups -OCH3 is 1. The van der Waals surface area contributed by atoms with Crippen molar-refractivity contribution in [1.82, 2.24) is 5.32 Å². The summed E-state index contributed by atoms with van der Waals surface area (Å²) < 4.78 is 24.5. The molecule has 160 valence electrons. The van der Waals surface area contributed by atoms with Crippen molar-refractivity contribution in [3.05, 3.63) is 59.9 Å². The molecule has 0 radical (unpaired) electrons. The first kappa shape index (κ1) is 20.7. The lowest BCUT2D eigenvalue weighted by molar-refractivity contribution is -0.131. The Kier molecular flexibility index (Phi) is 6.23. The van der Waals surface area contributed by atoms with Gasteiger partial charge in [0.15, 0.2) is 0 Å². The second-order valence-electron chi connectivity index (χ2n) is 8.13. The normalized spacial score (nSPS) is 21.1. The molecule has 2 fully saturated rings. The van der Waals surface area contributed by atoms with Gasteiger partial charge >= 0.3 is 0 Å². The number of benzene rings is 2. The van der Waals surface area contributed by atoms with Crippen LogP contribution in [-0.4, -0.2) is 45.4 Å². The van der Waals surface area contributed by atoms with Crippen molar-refractivity contribution in [1.29, 1.82) is 0 Å². The van der Waals surface area contributed by atoms with Crippen LogP contribution < -0.4 is 15.0 Å². The third-order valence-electron chi connectivity index (χ3n) is 6.36. The van der Waals surface area contributed by atoms with Crippen LogP contribution in [0.4, 0.5) is 10.1 Å². The lowest BCUT2D eigenvalue weighted by Crippen LogP contribution is -2.55. The average Bonchev–Trinajstić information content (AvgIpc) is 2.80. The number of rotatable bonds is 5. The Bertz CT molecular complexity index is 865. The largest absolute Gasteiger partial charge is 0.495 e. The molecule has 2 aliphatic rings. The predicted octanol–water partition coefficient (Wildman–Crippen LogP) is 3.67. The fraction of sp³-hybridized carbons (Fsp3) is 0.458. The monoisotopic (exact) mass is 412 g/mol. The van der Waals surface area contributed by atoms with Gasteiger partial charge in [-0.1, -0.05) is 24.3 Å². The lowest BCUT2D eigenvalue weighted by atomic mass is 9.73. The second kappa shape index (κ2) is 9.04. The third kappa shape index (κ3) is 4.15. The first-order valence-corrected chi connectivity index (χ1v) is 10.6. The Morgan fingerprint density at radius 2 is 1.90 bits per heavy atom. The zero-order chi connectivity index (χ0) is 21.0. The van der Waals surface area contributed by atoms with Gasteiger partial charge in [-0.2, -0.15) is 0 Å². The van der Waals surface area contributed by atoms with E-state index in [1.165, 1.54) is 12.1 Å². The van der Waals surface area contributed by atoms with Gasteiger partial charge in [-0.05, 0) is 55.5 Å². The number of amides is 1. The van der Waals surface area contributed by atoms with E-state index < -0.39 is 5.41 Å². The van der Waals surface area contributed by atoms with Gasteiger partial charge in [0.25, 0.3) is 0 Å². The van der Waals surface area contributed by atoms with Crippen LogP contribution in [0.5, 0.6) is 5.75 Å². The highest BCUT2D eigenvalue weighted by molar-refractivity contribution is 5.88. The zero-order valence-electron chi connectivity index (χ0n) is 17.4. The highest BCUT2D eigenvalue weighted by Crippen LogP contribution is 2.36. The van der Waals surface area contributed by atoms with Crippen LogP contribution >= 0.6 is 0 Å². The minimum Gasteiger partial charge on any atom is -0.495 e. The number of nitrogens with zero attached hydrogens (tertiary/aromatic N) is 1. The highest BCUT2D eigenvalue weighted by atomic mass is 19.1. The van der Waals surface area contributed by atoms with Crippen LogP contribution in [0.1, 0.15) is 31.2 Å². The summed E-state index contributed by atoms with van der Waals surface area (Å²) in [6.45, 7) is 2.73. The molecule has 6 heteroatoms. The van der Waals surface area contributed by atoms with Gasteiger partial charge in [0.1, 0.15) is 11.6 Å². The van der Waals surface area contributed by atoms with Crippen LogP contribution in [0.15, 0.2) is 48.5 Å². The minimum absolute atomic E-state index is 0.0179. The van der Waals surface area contributed by atoms with Crippen LogP contribution in [-0.2, 0) is 14.9 Å². The van der Waals surface area contributed by atoms with Gasteiger partial charge in [-0.3, -0.25) is 4.79 Å².